The van der Waals surface area contributed by atoms with E-state index in [0.717, 1.165) is 12.2 Å². The van der Waals surface area contributed by atoms with Crippen molar-refractivity contribution in [3.05, 3.63) is 22.1 Å². The molecular formula is C18H30F3N3O6Si. The van der Waals surface area contributed by atoms with E-state index in [9.17, 15) is 27.9 Å². The lowest BCUT2D eigenvalue weighted by Crippen LogP contribution is -2.36. The van der Waals surface area contributed by atoms with Gasteiger partial charge in [-0.1, -0.05) is 19.6 Å². The minimum absolute atomic E-state index is 0.0361. The molecule has 0 fully saturated rings. The van der Waals surface area contributed by atoms with Crippen LogP contribution < -0.4 is 10.9 Å². The first kappa shape index (κ1) is 27.1. The molecule has 0 saturated carbocycles. The third-order valence-electron chi connectivity index (χ3n) is 4.11. The Morgan fingerprint density at radius 2 is 1.97 bits per heavy atom. The summed E-state index contributed by atoms with van der Waals surface area (Å²) < 4.78 is 56.2. The van der Waals surface area contributed by atoms with Crippen molar-refractivity contribution in [1.82, 2.24) is 9.78 Å². The third-order valence-corrected chi connectivity index (χ3v) is 5.82. The van der Waals surface area contributed by atoms with Crippen molar-refractivity contribution in [2.45, 2.75) is 51.1 Å². The number of anilines is 1. The van der Waals surface area contributed by atoms with Crippen molar-refractivity contribution in [2.75, 3.05) is 38.9 Å². The molecule has 1 aromatic rings. The van der Waals surface area contributed by atoms with Crippen LogP contribution in [0.25, 0.3) is 0 Å². The van der Waals surface area contributed by atoms with Gasteiger partial charge in [-0.2, -0.15) is 18.3 Å². The number of rotatable bonds is 13. The molecule has 0 saturated heterocycles. The van der Waals surface area contributed by atoms with Crippen LogP contribution in [0.4, 0.5) is 18.9 Å². The molecule has 0 bridgehead atoms. The maximum Gasteiger partial charge on any atom is 0.423 e. The molecule has 0 spiro atoms. The van der Waals surface area contributed by atoms with Crippen LogP contribution in [-0.2, 0) is 31.9 Å². The fraction of sp³-hybridized carbons (Fsp3) is 0.722. The highest BCUT2D eigenvalue weighted by molar-refractivity contribution is 6.76. The highest BCUT2D eigenvalue weighted by Crippen LogP contribution is 2.32. The Hall–Kier alpha value is -1.96. The molecule has 1 heterocycles. The van der Waals surface area contributed by atoms with Crippen LogP contribution in [0.1, 0.15) is 12.0 Å². The number of alkyl halides is 3. The summed E-state index contributed by atoms with van der Waals surface area (Å²) in [5.74, 6) is -0.507. The molecule has 0 aliphatic carbocycles. The summed E-state index contributed by atoms with van der Waals surface area (Å²) in [4.78, 5) is 23.4. The summed E-state index contributed by atoms with van der Waals surface area (Å²) in [6.07, 6.45) is -4.13. The largest absolute Gasteiger partial charge is 0.469 e. The zero-order valence-electron chi connectivity index (χ0n) is 18.1. The highest BCUT2D eigenvalue weighted by Gasteiger charge is 2.38. The molecule has 1 aromatic heterocycles. The standard InChI is InChI=1S/C18H30F3N3O6Si/c1-28-15(26)5-6-29-11-13(10-25)23-14-9-22-24(12-30-7-8-31(2,3)4)17(27)16(14)18(19,20)21/h9,13,23,25H,5-8,10-12H2,1-4H3. The molecule has 0 radical (unpaired) electrons. The lowest BCUT2D eigenvalue weighted by Gasteiger charge is -2.21. The monoisotopic (exact) mass is 469 g/mol. The number of hydrogen-bond acceptors (Lipinski definition) is 8. The smallest absolute Gasteiger partial charge is 0.423 e. The van der Waals surface area contributed by atoms with Gasteiger partial charge >= 0.3 is 12.1 Å². The Labute approximate surface area is 179 Å². The minimum Gasteiger partial charge on any atom is -0.469 e. The topological polar surface area (TPSA) is 112 Å². The van der Waals surface area contributed by atoms with Gasteiger partial charge in [0, 0.05) is 14.7 Å². The molecule has 1 rings (SSSR count). The van der Waals surface area contributed by atoms with E-state index in [-0.39, 0.29) is 19.6 Å². The van der Waals surface area contributed by atoms with E-state index in [2.05, 4.69) is 34.8 Å². The van der Waals surface area contributed by atoms with Gasteiger partial charge in [0.15, 0.2) is 0 Å². The van der Waals surface area contributed by atoms with E-state index in [0.29, 0.717) is 11.3 Å². The second kappa shape index (κ2) is 12.2. The zero-order valence-corrected chi connectivity index (χ0v) is 19.1. The molecule has 9 nitrogen and oxygen atoms in total. The van der Waals surface area contributed by atoms with Gasteiger partial charge in [0.1, 0.15) is 12.3 Å². The van der Waals surface area contributed by atoms with E-state index >= 15 is 0 Å². The normalized spacial score (nSPS) is 13.2. The average Bonchev–Trinajstić information content (AvgIpc) is 2.66. The summed E-state index contributed by atoms with van der Waals surface area (Å²) in [5, 5.41) is 15.6. The molecular weight excluding hydrogens is 439 g/mol. The van der Waals surface area contributed by atoms with Gasteiger partial charge in [-0.3, -0.25) is 9.59 Å². The number of methoxy groups -OCH3 is 1. The maximum atomic E-state index is 13.6. The lowest BCUT2D eigenvalue weighted by atomic mass is 10.2. The van der Waals surface area contributed by atoms with Crippen molar-refractivity contribution >= 4 is 19.7 Å². The number of halogens is 3. The number of aliphatic hydroxyl groups is 1. The van der Waals surface area contributed by atoms with Crippen LogP contribution in [0.5, 0.6) is 0 Å². The van der Waals surface area contributed by atoms with Gasteiger partial charge in [-0.15, -0.1) is 0 Å². The van der Waals surface area contributed by atoms with Crippen LogP contribution in [0.2, 0.25) is 25.7 Å². The van der Waals surface area contributed by atoms with E-state index in [1.165, 1.54) is 7.11 Å². The highest BCUT2D eigenvalue weighted by atomic mass is 28.3. The summed E-state index contributed by atoms with van der Waals surface area (Å²) in [7, 11) is -0.174. The van der Waals surface area contributed by atoms with Crippen LogP contribution >= 0.6 is 0 Å². The molecule has 0 amide bonds. The number of aromatic nitrogens is 2. The first-order valence-corrected chi connectivity index (χ1v) is 13.4. The van der Waals surface area contributed by atoms with Crippen LogP contribution in [-0.4, -0.2) is 68.5 Å². The predicted octanol–water partition coefficient (Wildman–Crippen LogP) is 1.93. The van der Waals surface area contributed by atoms with E-state index in [4.69, 9.17) is 9.47 Å². The Bertz CT molecular complexity index is 767. The number of nitrogens with one attached hydrogen (secondary N) is 1. The van der Waals surface area contributed by atoms with Crippen molar-refractivity contribution < 1.29 is 37.3 Å². The Kier molecular flexibility index (Phi) is 10.6. The van der Waals surface area contributed by atoms with Crippen molar-refractivity contribution in [2.24, 2.45) is 0 Å². The number of hydrogen-bond donors (Lipinski definition) is 2. The third kappa shape index (κ3) is 9.80. The van der Waals surface area contributed by atoms with Gasteiger partial charge < -0.3 is 24.6 Å². The Morgan fingerprint density at radius 1 is 1.29 bits per heavy atom. The molecule has 0 aliphatic rings. The van der Waals surface area contributed by atoms with Crippen LogP contribution in [0, 0.1) is 0 Å². The molecule has 31 heavy (non-hydrogen) atoms. The summed E-state index contributed by atoms with van der Waals surface area (Å²) in [6.45, 7) is 5.49. The van der Waals surface area contributed by atoms with Gasteiger partial charge in [0.2, 0.25) is 0 Å². The lowest BCUT2D eigenvalue weighted by molar-refractivity contribution is -0.142. The minimum atomic E-state index is -4.95. The molecule has 0 aromatic carbocycles. The first-order valence-electron chi connectivity index (χ1n) is 9.66. The quantitative estimate of drug-likeness (QED) is 0.256. The molecule has 1 atom stereocenters. The van der Waals surface area contributed by atoms with E-state index < -0.39 is 56.4 Å². The number of nitrogens with zero attached hydrogens (tertiary/aromatic N) is 2. The molecule has 2 N–H and O–H groups in total. The van der Waals surface area contributed by atoms with Gasteiger partial charge in [0.05, 0.1) is 51.3 Å². The Morgan fingerprint density at radius 3 is 2.52 bits per heavy atom. The fourth-order valence-electron chi connectivity index (χ4n) is 2.34. The summed E-state index contributed by atoms with van der Waals surface area (Å²) >= 11 is 0. The predicted molar refractivity (Wildman–Crippen MR) is 110 cm³/mol. The fourth-order valence-corrected chi connectivity index (χ4v) is 3.09. The van der Waals surface area contributed by atoms with Crippen molar-refractivity contribution in [1.29, 1.82) is 0 Å². The van der Waals surface area contributed by atoms with Crippen molar-refractivity contribution in [3.63, 3.8) is 0 Å². The zero-order chi connectivity index (χ0) is 23.7. The number of carbonyl (C=O) groups excluding carboxylic acids is 1. The summed E-state index contributed by atoms with van der Waals surface area (Å²) in [5.41, 5.74) is -3.37. The number of ether oxygens (including phenoxy) is 3. The van der Waals surface area contributed by atoms with Gasteiger partial charge in [-0.05, 0) is 6.04 Å². The second-order valence-electron chi connectivity index (χ2n) is 8.01. The average molecular weight is 470 g/mol. The van der Waals surface area contributed by atoms with Crippen LogP contribution in [0.3, 0.4) is 0 Å². The molecule has 178 valence electrons. The van der Waals surface area contributed by atoms with Crippen LogP contribution in [0.15, 0.2) is 11.0 Å². The Balaban J connectivity index is 2.88. The van der Waals surface area contributed by atoms with Crippen molar-refractivity contribution in [3.8, 4) is 0 Å². The second-order valence-corrected chi connectivity index (χ2v) is 13.6. The number of carbonyl (C=O) groups is 1. The molecule has 0 aliphatic heterocycles. The molecule has 13 heteroatoms. The summed E-state index contributed by atoms with van der Waals surface area (Å²) in [6, 6.07) is -0.161. The first-order chi connectivity index (χ1) is 14.4. The number of aliphatic hydroxyl groups excluding tert-OH is 1. The van der Waals surface area contributed by atoms with E-state index in [1.807, 2.05) is 0 Å². The van der Waals surface area contributed by atoms with E-state index in [1.54, 1.807) is 0 Å². The SMILES string of the molecule is COC(=O)CCOCC(CO)Nc1cnn(COCC[Si](C)(C)C)c(=O)c1C(F)(F)F. The maximum absolute atomic E-state index is 13.6. The molecule has 1 unspecified atom stereocenters. The number of esters is 1. The van der Waals surface area contributed by atoms with Gasteiger partial charge in [0.25, 0.3) is 5.56 Å². The van der Waals surface area contributed by atoms with Gasteiger partial charge in [-0.25, -0.2) is 4.68 Å².